The van der Waals surface area contributed by atoms with E-state index in [1.165, 1.54) is 12.1 Å². The van der Waals surface area contributed by atoms with Crippen LogP contribution in [0.4, 0.5) is 0 Å². The van der Waals surface area contributed by atoms with Gasteiger partial charge in [0.05, 0.1) is 4.90 Å². The van der Waals surface area contributed by atoms with E-state index in [0.717, 1.165) is 18.4 Å². The minimum Gasteiger partial charge on any atom is -0.480 e. The number of hydrogen-bond donors (Lipinski definition) is 2. The molecular weight excluding hydrogens is 290 g/mol. The fourth-order valence-corrected chi connectivity index (χ4v) is 3.84. The minimum absolute atomic E-state index is 0.113. The van der Waals surface area contributed by atoms with Gasteiger partial charge in [0.2, 0.25) is 10.0 Å². The van der Waals surface area contributed by atoms with Crippen LogP contribution in [0.15, 0.2) is 29.2 Å². The lowest BCUT2D eigenvalue weighted by Gasteiger charge is -2.37. The minimum atomic E-state index is -3.80. The van der Waals surface area contributed by atoms with Gasteiger partial charge in [-0.3, -0.25) is 4.79 Å². The zero-order chi connectivity index (χ0) is 15.7. The van der Waals surface area contributed by atoms with Gasteiger partial charge < -0.3 is 5.11 Å². The van der Waals surface area contributed by atoms with Crippen LogP contribution < -0.4 is 4.72 Å². The van der Waals surface area contributed by atoms with E-state index in [2.05, 4.69) is 18.6 Å². The topological polar surface area (TPSA) is 83.5 Å². The molecule has 0 aromatic heterocycles. The third-order valence-electron chi connectivity index (χ3n) is 4.32. The summed E-state index contributed by atoms with van der Waals surface area (Å²) in [5, 5.41) is 9.22. The van der Waals surface area contributed by atoms with E-state index in [9.17, 15) is 18.3 Å². The van der Waals surface area contributed by atoms with E-state index >= 15 is 0 Å². The third-order valence-corrected chi connectivity index (χ3v) is 5.87. The van der Waals surface area contributed by atoms with Crippen LogP contribution >= 0.6 is 0 Å². The van der Waals surface area contributed by atoms with Gasteiger partial charge in [0.1, 0.15) is 5.54 Å². The molecule has 21 heavy (non-hydrogen) atoms. The van der Waals surface area contributed by atoms with Crippen LogP contribution in [0.5, 0.6) is 0 Å². The Bertz CT molecular complexity index is 618. The van der Waals surface area contributed by atoms with Crippen molar-refractivity contribution in [2.45, 2.75) is 55.9 Å². The molecule has 0 bridgehead atoms. The molecule has 1 aromatic rings. The Hall–Kier alpha value is -1.40. The predicted molar refractivity (Wildman–Crippen MR) is 79.7 cm³/mol. The molecule has 1 aliphatic rings. The van der Waals surface area contributed by atoms with Crippen molar-refractivity contribution < 1.29 is 18.3 Å². The van der Waals surface area contributed by atoms with Crippen molar-refractivity contribution in [3.8, 4) is 0 Å². The monoisotopic (exact) mass is 311 g/mol. The van der Waals surface area contributed by atoms with Crippen molar-refractivity contribution >= 4 is 16.0 Å². The number of nitrogens with one attached hydrogen (secondary N) is 1. The SMILES string of the molecule is CCC(C)c1ccc(S(=O)(=O)NC2(C(=O)O)CCC2)cc1. The molecule has 1 fully saturated rings. The van der Waals surface area contributed by atoms with Crippen LogP contribution in [-0.2, 0) is 14.8 Å². The van der Waals surface area contributed by atoms with Crippen LogP contribution in [-0.4, -0.2) is 25.0 Å². The fourth-order valence-electron chi connectivity index (χ4n) is 2.42. The summed E-state index contributed by atoms with van der Waals surface area (Å²) in [5.41, 5.74) is -0.248. The molecule has 2 N–H and O–H groups in total. The Morgan fingerprint density at radius 3 is 2.29 bits per heavy atom. The highest BCUT2D eigenvalue weighted by molar-refractivity contribution is 7.89. The summed E-state index contributed by atoms with van der Waals surface area (Å²) >= 11 is 0. The zero-order valence-electron chi connectivity index (χ0n) is 12.3. The maximum Gasteiger partial charge on any atom is 0.324 e. The Morgan fingerprint density at radius 1 is 1.33 bits per heavy atom. The van der Waals surface area contributed by atoms with Crippen LogP contribution in [0, 0.1) is 0 Å². The molecule has 0 aliphatic heterocycles. The summed E-state index contributed by atoms with van der Waals surface area (Å²) in [7, 11) is -3.80. The molecule has 1 saturated carbocycles. The number of aliphatic carboxylic acids is 1. The van der Waals surface area contributed by atoms with Gasteiger partial charge in [-0.15, -0.1) is 0 Å². The van der Waals surface area contributed by atoms with Gasteiger partial charge in [-0.2, -0.15) is 4.72 Å². The van der Waals surface area contributed by atoms with Gasteiger partial charge in [0.15, 0.2) is 0 Å². The number of carboxylic acid groups (broad SMARTS) is 1. The summed E-state index contributed by atoms with van der Waals surface area (Å²) in [4.78, 5) is 11.4. The first-order valence-corrected chi connectivity index (χ1v) is 8.66. The molecule has 1 unspecified atom stereocenters. The first kappa shape index (κ1) is 16.0. The van der Waals surface area contributed by atoms with Gasteiger partial charge >= 0.3 is 5.97 Å². The largest absolute Gasteiger partial charge is 0.480 e. The number of hydrogen-bond acceptors (Lipinski definition) is 3. The highest BCUT2D eigenvalue weighted by Crippen LogP contribution is 2.33. The van der Waals surface area contributed by atoms with Crippen LogP contribution in [0.1, 0.15) is 51.0 Å². The average molecular weight is 311 g/mol. The van der Waals surface area contributed by atoms with Gasteiger partial charge in [0.25, 0.3) is 0 Å². The maximum atomic E-state index is 12.3. The van der Waals surface area contributed by atoms with E-state index < -0.39 is 21.5 Å². The highest BCUT2D eigenvalue weighted by atomic mass is 32.2. The lowest BCUT2D eigenvalue weighted by Crippen LogP contribution is -2.58. The van der Waals surface area contributed by atoms with Crippen molar-refractivity contribution in [1.29, 1.82) is 0 Å². The molecule has 1 aliphatic carbocycles. The van der Waals surface area contributed by atoms with E-state index in [-0.39, 0.29) is 4.90 Å². The number of carboxylic acids is 1. The van der Waals surface area contributed by atoms with E-state index in [0.29, 0.717) is 18.8 Å². The predicted octanol–water partition coefficient (Wildman–Crippen LogP) is 2.49. The van der Waals surface area contributed by atoms with E-state index in [1.54, 1.807) is 12.1 Å². The summed E-state index contributed by atoms with van der Waals surface area (Å²) in [6.45, 7) is 4.15. The van der Waals surface area contributed by atoms with Gasteiger partial charge in [0, 0.05) is 0 Å². The average Bonchev–Trinajstić information content (AvgIpc) is 2.42. The van der Waals surface area contributed by atoms with Crippen LogP contribution in [0.2, 0.25) is 0 Å². The van der Waals surface area contributed by atoms with E-state index in [4.69, 9.17) is 0 Å². The second-order valence-electron chi connectivity index (χ2n) is 5.72. The summed E-state index contributed by atoms with van der Waals surface area (Å²) in [6.07, 6.45) is 2.38. The van der Waals surface area contributed by atoms with Crippen molar-refractivity contribution in [3.63, 3.8) is 0 Å². The first-order chi connectivity index (χ1) is 9.81. The van der Waals surface area contributed by atoms with Gasteiger partial charge in [-0.25, -0.2) is 8.42 Å². The standard InChI is InChI=1S/C15H21NO4S/c1-3-11(2)12-5-7-13(8-6-12)21(19,20)16-15(14(17)18)9-4-10-15/h5-8,11,16H,3-4,9-10H2,1-2H3,(H,17,18). The van der Waals surface area contributed by atoms with Crippen LogP contribution in [0.25, 0.3) is 0 Å². The Kier molecular flexibility index (Phi) is 4.39. The van der Waals surface area contributed by atoms with Crippen molar-refractivity contribution in [1.82, 2.24) is 4.72 Å². The fraction of sp³-hybridized carbons (Fsp3) is 0.533. The number of rotatable bonds is 6. The Balaban J connectivity index is 2.22. The lowest BCUT2D eigenvalue weighted by atomic mass is 9.78. The second-order valence-corrected chi connectivity index (χ2v) is 7.41. The lowest BCUT2D eigenvalue weighted by molar-refractivity contribution is -0.147. The Morgan fingerprint density at radius 2 is 1.90 bits per heavy atom. The Labute approximate surface area is 125 Å². The molecule has 0 spiro atoms. The molecule has 1 aromatic carbocycles. The maximum absolute atomic E-state index is 12.3. The first-order valence-electron chi connectivity index (χ1n) is 7.18. The van der Waals surface area contributed by atoms with Crippen molar-refractivity contribution in [2.24, 2.45) is 0 Å². The molecular formula is C15H21NO4S. The molecule has 0 heterocycles. The summed E-state index contributed by atoms with van der Waals surface area (Å²) in [6, 6.07) is 6.66. The third kappa shape index (κ3) is 3.11. The highest BCUT2D eigenvalue weighted by Gasteiger charge is 2.47. The molecule has 1 atom stereocenters. The molecule has 6 heteroatoms. The normalized spacial score (nSPS) is 18.8. The quantitative estimate of drug-likeness (QED) is 0.845. The molecule has 116 valence electrons. The molecule has 0 radical (unpaired) electrons. The van der Waals surface area contributed by atoms with Gasteiger partial charge in [-0.05, 0) is 49.3 Å². The number of carbonyl (C=O) groups is 1. The number of benzene rings is 1. The summed E-state index contributed by atoms with van der Waals surface area (Å²) < 4.78 is 27.0. The van der Waals surface area contributed by atoms with Crippen LogP contribution in [0.3, 0.4) is 0 Å². The molecule has 0 saturated heterocycles. The van der Waals surface area contributed by atoms with Gasteiger partial charge in [-0.1, -0.05) is 26.0 Å². The number of sulfonamides is 1. The van der Waals surface area contributed by atoms with Crippen molar-refractivity contribution in [2.75, 3.05) is 0 Å². The molecule has 0 amide bonds. The summed E-state index contributed by atoms with van der Waals surface area (Å²) in [5.74, 6) is -0.736. The smallest absolute Gasteiger partial charge is 0.324 e. The van der Waals surface area contributed by atoms with E-state index in [1.807, 2.05) is 0 Å². The second kappa shape index (κ2) is 5.77. The molecule has 2 rings (SSSR count). The van der Waals surface area contributed by atoms with Crippen molar-refractivity contribution in [3.05, 3.63) is 29.8 Å². The molecule has 5 nitrogen and oxygen atoms in total. The zero-order valence-corrected chi connectivity index (χ0v) is 13.1.